The summed E-state index contributed by atoms with van der Waals surface area (Å²) in [5.74, 6) is -0.446. The zero-order valence-corrected chi connectivity index (χ0v) is 13.3. The summed E-state index contributed by atoms with van der Waals surface area (Å²) in [5.41, 5.74) is 0.467. The Bertz CT molecular complexity index is 505. The van der Waals surface area contributed by atoms with Crippen molar-refractivity contribution in [3.8, 4) is 0 Å². The summed E-state index contributed by atoms with van der Waals surface area (Å²) in [6, 6.07) is 0. The fraction of sp³-hybridized carbons (Fsp3) is 0.688. The van der Waals surface area contributed by atoms with Crippen molar-refractivity contribution in [1.29, 1.82) is 0 Å². The first-order valence-corrected chi connectivity index (χ1v) is 7.52. The molecule has 0 saturated heterocycles. The standard InChI is InChI=1S/C16H23NO5/c1-9-5-10-7-12(14(19)11(10)6-9)21-13(18)8-17-15(20)22-16(2,3)4/h10-12H,1,5-8H2,2-4H3,(H,17,20)/t10-,11-,12+/m1/s1. The molecule has 2 fully saturated rings. The van der Waals surface area contributed by atoms with Crippen molar-refractivity contribution < 1.29 is 23.9 Å². The predicted molar refractivity (Wildman–Crippen MR) is 79.1 cm³/mol. The average molecular weight is 309 g/mol. The molecule has 6 heteroatoms. The number of esters is 1. The van der Waals surface area contributed by atoms with Crippen LogP contribution in [0.2, 0.25) is 0 Å². The molecular formula is C16H23NO5. The van der Waals surface area contributed by atoms with Crippen molar-refractivity contribution in [3.05, 3.63) is 12.2 Å². The Balaban J connectivity index is 1.75. The van der Waals surface area contributed by atoms with Crippen LogP contribution in [0.25, 0.3) is 0 Å². The molecule has 0 unspecified atom stereocenters. The third kappa shape index (κ3) is 4.08. The number of Topliss-reactive ketones (excluding diaryl/α,β-unsaturated/α-hetero) is 1. The molecular weight excluding hydrogens is 286 g/mol. The van der Waals surface area contributed by atoms with Gasteiger partial charge < -0.3 is 14.8 Å². The third-order valence-corrected chi connectivity index (χ3v) is 3.88. The monoisotopic (exact) mass is 309 g/mol. The molecule has 0 spiro atoms. The van der Waals surface area contributed by atoms with Gasteiger partial charge in [0, 0.05) is 5.92 Å². The SMILES string of the molecule is C=C1C[C@@H]2C[C@H](OC(=O)CNC(=O)OC(C)(C)C)C(=O)[C@@H]2C1. The number of ketones is 1. The Morgan fingerprint density at radius 3 is 2.59 bits per heavy atom. The lowest BCUT2D eigenvalue weighted by molar-refractivity contribution is -0.153. The van der Waals surface area contributed by atoms with Gasteiger partial charge in [-0.25, -0.2) is 4.79 Å². The topological polar surface area (TPSA) is 81.7 Å². The van der Waals surface area contributed by atoms with Gasteiger partial charge in [0.2, 0.25) is 0 Å². The molecule has 0 heterocycles. The Labute approximate surface area is 130 Å². The van der Waals surface area contributed by atoms with Crippen molar-refractivity contribution in [2.24, 2.45) is 11.8 Å². The third-order valence-electron chi connectivity index (χ3n) is 3.88. The van der Waals surface area contributed by atoms with E-state index in [1.807, 2.05) is 0 Å². The number of nitrogens with one attached hydrogen (secondary N) is 1. The summed E-state index contributed by atoms with van der Waals surface area (Å²) >= 11 is 0. The Hall–Kier alpha value is -1.85. The molecule has 0 aliphatic heterocycles. The quantitative estimate of drug-likeness (QED) is 0.637. The number of rotatable bonds is 3. The van der Waals surface area contributed by atoms with Crippen LogP contribution in [0.4, 0.5) is 4.79 Å². The number of alkyl carbamates (subject to hydrolysis) is 1. The lowest BCUT2D eigenvalue weighted by Crippen LogP contribution is -2.37. The molecule has 2 saturated carbocycles. The minimum absolute atomic E-state index is 0.0192. The zero-order chi connectivity index (χ0) is 16.5. The van der Waals surface area contributed by atoms with Gasteiger partial charge in [0.1, 0.15) is 12.1 Å². The van der Waals surface area contributed by atoms with Crippen LogP contribution in [0.3, 0.4) is 0 Å². The maximum Gasteiger partial charge on any atom is 0.408 e. The van der Waals surface area contributed by atoms with Crippen molar-refractivity contribution in [2.45, 2.75) is 51.7 Å². The highest BCUT2D eigenvalue weighted by atomic mass is 16.6. The second-order valence-corrected chi connectivity index (χ2v) is 7.00. The minimum atomic E-state index is -0.685. The van der Waals surface area contributed by atoms with Crippen LogP contribution in [0.5, 0.6) is 0 Å². The first-order valence-electron chi connectivity index (χ1n) is 7.52. The van der Waals surface area contributed by atoms with E-state index >= 15 is 0 Å². The maximum atomic E-state index is 12.2. The smallest absolute Gasteiger partial charge is 0.408 e. The van der Waals surface area contributed by atoms with E-state index in [4.69, 9.17) is 9.47 Å². The van der Waals surface area contributed by atoms with Gasteiger partial charge >= 0.3 is 12.1 Å². The number of allylic oxidation sites excluding steroid dienone is 1. The van der Waals surface area contributed by atoms with Gasteiger partial charge in [0.15, 0.2) is 11.9 Å². The lowest BCUT2D eigenvalue weighted by Gasteiger charge is -2.19. The van der Waals surface area contributed by atoms with E-state index in [1.165, 1.54) is 0 Å². The summed E-state index contributed by atoms with van der Waals surface area (Å²) in [4.78, 5) is 35.3. The second-order valence-electron chi connectivity index (χ2n) is 7.00. The summed E-state index contributed by atoms with van der Waals surface area (Å²) in [6.07, 6.45) is 0.723. The molecule has 0 aromatic carbocycles. The molecule has 2 aliphatic carbocycles. The van der Waals surface area contributed by atoms with Crippen molar-refractivity contribution in [2.75, 3.05) is 6.54 Å². The normalized spacial score (nSPS) is 27.5. The number of fused-ring (bicyclic) bond motifs is 1. The van der Waals surface area contributed by atoms with Gasteiger partial charge in [-0.05, 0) is 46.0 Å². The van der Waals surface area contributed by atoms with E-state index in [9.17, 15) is 14.4 Å². The molecule has 0 aromatic rings. The van der Waals surface area contributed by atoms with E-state index in [0.717, 1.165) is 12.0 Å². The number of carbonyl (C=O) groups is 3. The highest BCUT2D eigenvalue weighted by Crippen LogP contribution is 2.44. The van der Waals surface area contributed by atoms with E-state index in [2.05, 4.69) is 11.9 Å². The Morgan fingerprint density at radius 1 is 1.32 bits per heavy atom. The van der Waals surface area contributed by atoms with Gasteiger partial charge in [-0.1, -0.05) is 12.2 Å². The number of hydrogen-bond acceptors (Lipinski definition) is 5. The van der Waals surface area contributed by atoms with Gasteiger partial charge in [0.25, 0.3) is 0 Å². The van der Waals surface area contributed by atoms with Crippen LogP contribution in [-0.4, -0.2) is 36.1 Å². The first kappa shape index (κ1) is 16.5. The van der Waals surface area contributed by atoms with Gasteiger partial charge in [-0.3, -0.25) is 9.59 Å². The predicted octanol–water partition coefficient (Wildman–Crippen LogP) is 1.98. The second kappa shape index (κ2) is 6.10. The number of hydrogen-bond donors (Lipinski definition) is 1. The van der Waals surface area contributed by atoms with Crippen LogP contribution in [-0.2, 0) is 19.1 Å². The van der Waals surface area contributed by atoms with Gasteiger partial charge in [-0.15, -0.1) is 0 Å². The molecule has 2 rings (SSSR count). The van der Waals surface area contributed by atoms with Crippen LogP contribution >= 0.6 is 0 Å². The molecule has 2 aliphatic rings. The molecule has 1 N–H and O–H groups in total. The van der Waals surface area contributed by atoms with Crippen LogP contribution < -0.4 is 5.32 Å². The molecule has 0 radical (unpaired) electrons. The van der Waals surface area contributed by atoms with Crippen molar-refractivity contribution in [3.63, 3.8) is 0 Å². The van der Waals surface area contributed by atoms with E-state index < -0.39 is 23.8 Å². The van der Waals surface area contributed by atoms with E-state index in [1.54, 1.807) is 20.8 Å². The first-order chi connectivity index (χ1) is 10.2. The summed E-state index contributed by atoms with van der Waals surface area (Å²) in [5, 5.41) is 2.32. The van der Waals surface area contributed by atoms with Crippen LogP contribution in [0.1, 0.15) is 40.0 Å². The minimum Gasteiger partial charge on any atom is -0.453 e. The molecule has 0 bridgehead atoms. The van der Waals surface area contributed by atoms with E-state index in [-0.39, 0.29) is 24.2 Å². The molecule has 3 atom stereocenters. The number of ether oxygens (including phenoxy) is 2. The van der Waals surface area contributed by atoms with Crippen LogP contribution in [0, 0.1) is 11.8 Å². The highest BCUT2D eigenvalue weighted by Gasteiger charge is 2.47. The fourth-order valence-corrected chi connectivity index (χ4v) is 3.05. The largest absolute Gasteiger partial charge is 0.453 e. The zero-order valence-electron chi connectivity index (χ0n) is 13.3. The average Bonchev–Trinajstić information content (AvgIpc) is 2.84. The molecule has 22 heavy (non-hydrogen) atoms. The molecule has 122 valence electrons. The lowest BCUT2D eigenvalue weighted by atomic mass is 10.0. The van der Waals surface area contributed by atoms with Crippen molar-refractivity contribution >= 4 is 17.8 Å². The summed E-state index contributed by atoms with van der Waals surface area (Å²) < 4.78 is 10.2. The van der Waals surface area contributed by atoms with Gasteiger partial charge in [-0.2, -0.15) is 0 Å². The van der Waals surface area contributed by atoms with Gasteiger partial charge in [0.05, 0.1) is 0 Å². The van der Waals surface area contributed by atoms with E-state index in [0.29, 0.717) is 12.8 Å². The fourth-order valence-electron chi connectivity index (χ4n) is 3.05. The number of amides is 1. The summed E-state index contributed by atoms with van der Waals surface area (Å²) in [6.45, 7) is 8.80. The molecule has 6 nitrogen and oxygen atoms in total. The Kier molecular flexibility index (Phi) is 4.58. The Morgan fingerprint density at radius 2 is 2.00 bits per heavy atom. The van der Waals surface area contributed by atoms with Crippen LogP contribution in [0.15, 0.2) is 12.2 Å². The van der Waals surface area contributed by atoms with Crippen molar-refractivity contribution in [1.82, 2.24) is 5.32 Å². The number of carbonyl (C=O) groups excluding carboxylic acids is 3. The summed E-state index contributed by atoms with van der Waals surface area (Å²) in [7, 11) is 0. The maximum absolute atomic E-state index is 12.2. The molecule has 1 amide bonds. The highest BCUT2D eigenvalue weighted by molar-refractivity contribution is 5.91. The molecule has 0 aromatic heterocycles.